The van der Waals surface area contributed by atoms with Gasteiger partial charge in [-0.05, 0) is 38.1 Å². The van der Waals surface area contributed by atoms with E-state index in [9.17, 15) is 4.79 Å². The summed E-state index contributed by atoms with van der Waals surface area (Å²) in [6.45, 7) is 4.11. The summed E-state index contributed by atoms with van der Waals surface area (Å²) in [5.74, 6) is 0. The van der Waals surface area contributed by atoms with Crippen molar-refractivity contribution in [3.63, 3.8) is 0 Å². The Morgan fingerprint density at radius 3 is 2.67 bits per heavy atom. The highest BCUT2D eigenvalue weighted by Crippen LogP contribution is 2.11. The number of benzene rings is 1. The predicted octanol–water partition coefficient (Wildman–Crippen LogP) is 1.82. The van der Waals surface area contributed by atoms with Crippen LogP contribution in [0.5, 0.6) is 0 Å². The highest BCUT2D eigenvalue weighted by Gasteiger charge is 2.11. The molecule has 4 heteroatoms. The van der Waals surface area contributed by atoms with Crippen LogP contribution in [0.15, 0.2) is 29.1 Å². The molecule has 0 atom stereocenters. The van der Waals surface area contributed by atoms with E-state index in [4.69, 9.17) is 0 Å². The van der Waals surface area contributed by atoms with E-state index in [0.717, 1.165) is 24.1 Å². The predicted molar refractivity (Wildman–Crippen MR) is 72.8 cm³/mol. The number of hydrogen-bond acceptors (Lipinski definition) is 2. The minimum absolute atomic E-state index is 0.00760. The number of aromatic amines is 1. The quantitative estimate of drug-likeness (QED) is 0.896. The molecule has 96 valence electrons. The topological polar surface area (TPSA) is 41.0 Å². The van der Waals surface area contributed by atoms with Crippen molar-refractivity contribution in [1.29, 1.82) is 0 Å². The van der Waals surface area contributed by atoms with Gasteiger partial charge in [-0.25, -0.2) is 4.79 Å². The molecule has 0 spiro atoms. The van der Waals surface area contributed by atoms with Crippen molar-refractivity contribution in [2.24, 2.45) is 0 Å². The lowest BCUT2D eigenvalue weighted by Crippen LogP contribution is -2.34. The van der Waals surface area contributed by atoms with Gasteiger partial charge in [-0.15, -0.1) is 0 Å². The summed E-state index contributed by atoms with van der Waals surface area (Å²) in [7, 11) is 0. The normalized spacial score (nSPS) is 17.3. The standard InChI is InChI=1S/C14H19N3O/c18-14-15-12-6-2-3-7-13(12)17(14)11-10-16-8-4-1-5-9-16/h2-3,6-7H,1,4-5,8-11H2,(H,15,18). The molecule has 0 bridgehead atoms. The van der Waals surface area contributed by atoms with Crippen molar-refractivity contribution in [2.75, 3.05) is 19.6 Å². The largest absolute Gasteiger partial charge is 0.326 e. The molecular weight excluding hydrogens is 226 g/mol. The highest BCUT2D eigenvalue weighted by atomic mass is 16.1. The average molecular weight is 245 g/mol. The number of aromatic nitrogens is 2. The fraction of sp³-hybridized carbons (Fsp3) is 0.500. The van der Waals surface area contributed by atoms with Crippen LogP contribution >= 0.6 is 0 Å². The maximum atomic E-state index is 11.9. The van der Waals surface area contributed by atoms with Gasteiger partial charge in [0, 0.05) is 13.1 Å². The molecule has 0 amide bonds. The summed E-state index contributed by atoms with van der Waals surface area (Å²) in [6, 6.07) is 7.89. The smallest absolute Gasteiger partial charge is 0.306 e. The summed E-state index contributed by atoms with van der Waals surface area (Å²) >= 11 is 0. The van der Waals surface area contributed by atoms with Gasteiger partial charge < -0.3 is 9.88 Å². The first-order valence-corrected chi connectivity index (χ1v) is 6.74. The Morgan fingerprint density at radius 1 is 1.06 bits per heavy atom. The summed E-state index contributed by atoms with van der Waals surface area (Å²) in [6.07, 6.45) is 3.94. The van der Waals surface area contributed by atoms with Gasteiger partial charge >= 0.3 is 5.69 Å². The fourth-order valence-corrected chi connectivity index (χ4v) is 2.75. The van der Waals surface area contributed by atoms with Crippen LogP contribution in [0.2, 0.25) is 0 Å². The number of hydrogen-bond donors (Lipinski definition) is 1. The first-order valence-electron chi connectivity index (χ1n) is 6.74. The summed E-state index contributed by atoms with van der Waals surface area (Å²) in [4.78, 5) is 17.3. The maximum absolute atomic E-state index is 11.9. The van der Waals surface area contributed by atoms with Crippen molar-refractivity contribution in [3.8, 4) is 0 Å². The minimum Gasteiger partial charge on any atom is -0.306 e. The van der Waals surface area contributed by atoms with E-state index in [0.29, 0.717) is 0 Å². The molecule has 2 aromatic rings. The molecule has 3 rings (SSSR count). The van der Waals surface area contributed by atoms with E-state index in [1.807, 2.05) is 28.8 Å². The number of nitrogens with zero attached hydrogens (tertiary/aromatic N) is 2. The summed E-state index contributed by atoms with van der Waals surface area (Å²) in [5, 5.41) is 0. The second kappa shape index (κ2) is 4.98. The molecule has 4 nitrogen and oxygen atoms in total. The van der Waals surface area contributed by atoms with Gasteiger partial charge in [0.15, 0.2) is 0 Å². The maximum Gasteiger partial charge on any atom is 0.326 e. The molecule has 1 N–H and O–H groups in total. The van der Waals surface area contributed by atoms with Crippen molar-refractivity contribution in [1.82, 2.24) is 14.5 Å². The Balaban J connectivity index is 1.77. The molecule has 1 fully saturated rings. The van der Waals surface area contributed by atoms with Gasteiger partial charge in [0.1, 0.15) is 0 Å². The SMILES string of the molecule is O=c1[nH]c2ccccc2n1CCN1CCCCC1. The Bertz CT molecular complexity index is 578. The van der Waals surface area contributed by atoms with E-state index < -0.39 is 0 Å². The summed E-state index contributed by atoms with van der Waals surface area (Å²) < 4.78 is 1.85. The zero-order chi connectivity index (χ0) is 12.4. The highest BCUT2D eigenvalue weighted by molar-refractivity contribution is 5.74. The summed E-state index contributed by atoms with van der Waals surface area (Å²) in [5.41, 5.74) is 1.95. The molecule has 0 unspecified atom stereocenters. The Labute approximate surface area is 106 Å². The van der Waals surface area contributed by atoms with E-state index >= 15 is 0 Å². The molecule has 0 aliphatic carbocycles. The Hall–Kier alpha value is -1.55. The lowest BCUT2D eigenvalue weighted by Gasteiger charge is -2.26. The molecule has 0 radical (unpaired) electrons. The van der Waals surface area contributed by atoms with Crippen LogP contribution in [-0.4, -0.2) is 34.1 Å². The first-order chi connectivity index (χ1) is 8.84. The molecule has 1 aromatic heterocycles. The number of H-pyrrole nitrogens is 1. The Kier molecular flexibility index (Phi) is 3.19. The van der Waals surface area contributed by atoms with Crippen molar-refractivity contribution < 1.29 is 0 Å². The van der Waals surface area contributed by atoms with Gasteiger partial charge in [0.2, 0.25) is 0 Å². The Morgan fingerprint density at radius 2 is 1.83 bits per heavy atom. The molecule has 1 aromatic carbocycles. The number of imidazole rings is 1. The van der Waals surface area contributed by atoms with Crippen LogP contribution in [0.4, 0.5) is 0 Å². The number of fused-ring (bicyclic) bond motifs is 1. The third-order valence-electron chi connectivity index (χ3n) is 3.77. The van der Waals surface area contributed by atoms with E-state index in [1.165, 1.54) is 32.4 Å². The lowest BCUT2D eigenvalue weighted by molar-refractivity contribution is 0.221. The number of likely N-dealkylation sites (tertiary alicyclic amines) is 1. The molecule has 1 aliphatic rings. The number of nitrogens with one attached hydrogen (secondary N) is 1. The van der Waals surface area contributed by atoms with Crippen LogP contribution in [0, 0.1) is 0 Å². The van der Waals surface area contributed by atoms with Crippen molar-refractivity contribution >= 4 is 11.0 Å². The second-order valence-electron chi connectivity index (χ2n) is 5.00. The van der Waals surface area contributed by atoms with E-state index in [1.54, 1.807) is 0 Å². The van der Waals surface area contributed by atoms with Crippen molar-refractivity contribution in [2.45, 2.75) is 25.8 Å². The molecule has 0 saturated carbocycles. The van der Waals surface area contributed by atoms with Crippen LogP contribution in [0.1, 0.15) is 19.3 Å². The zero-order valence-electron chi connectivity index (χ0n) is 10.6. The molecular formula is C14H19N3O. The van der Waals surface area contributed by atoms with Gasteiger partial charge in [-0.3, -0.25) is 4.57 Å². The van der Waals surface area contributed by atoms with Gasteiger partial charge in [0.05, 0.1) is 11.0 Å². The average Bonchev–Trinajstić information content (AvgIpc) is 2.73. The monoisotopic (exact) mass is 245 g/mol. The molecule has 18 heavy (non-hydrogen) atoms. The number of rotatable bonds is 3. The third-order valence-corrected chi connectivity index (χ3v) is 3.77. The fourth-order valence-electron chi connectivity index (χ4n) is 2.75. The minimum atomic E-state index is 0.00760. The van der Waals surface area contributed by atoms with E-state index in [2.05, 4.69) is 9.88 Å². The van der Waals surface area contributed by atoms with Gasteiger partial charge in [-0.2, -0.15) is 0 Å². The van der Waals surface area contributed by atoms with Crippen LogP contribution in [0.3, 0.4) is 0 Å². The van der Waals surface area contributed by atoms with Crippen LogP contribution in [0.25, 0.3) is 11.0 Å². The van der Waals surface area contributed by atoms with Crippen molar-refractivity contribution in [3.05, 3.63) is 34.7 Å². The lowest BCUT2D eigenvalue weighted by atomic mass is 10.1. The second-order valence-corrected chi connectivity index (χ2v) is 5.00. The molecule has 2 heterocycles. The van der Waals surface area contributed by atoms with Crippen LogP contribution < -0.4 is 5.69 Å². The van der Waals surface area contributed by atoms with Crippen LogP contribution in [-0.2, 0) is 6.54 Å². The molecule has 1 saturated heterocycles. The number of para-hydroxylation sites is 2. The van der Waals surface area contributed by atoms with E-state index in [-0.39, 0.29) is 5.69 Å². The first kappa shape index (κ1) is 11.5. The van der Waals surface area contributed by atoms with Gasteiger partial charge in [0.25, 0.3) is 0 Å². The third kappa shape index (κ3) is 2.20. The number of piperidine rings is 1. The zero-order valence-corrected chi connectivity index (χ0v) is 10.6. The molecule has 1 aliphatic heterocycles. The van der Waals surface area contributed by atoms with Gasteiger partial charge in [-0.1, -0.05) is 18.6 Å².